The normalized spacial score (nSPS) is 13.1. The molecule has 1 aromatic heterocycles. The average Bonchev–Trinajstić information content (AvgIpc) is 2.98. The number of carbonyl (C=O) groups excluding carboxylic acids is 1. The summed E-state index contributed by atoms with van der Waals surface area (Å²) in [5.74, 6) is 1.78. The van der Waals surface area contributed by atoms with Crippen LogP contribution in [0.1, 0.15) is 49.9 Å². The number of furan rings is 1. The first kappa shape index (κ1) is 20.0. The summed E-state index contributed by atoms with van der Waals surface area (Å²) in [4.78, 5) is 15.5. The smallest absolute Gasteiger partial charge is 0.284 e. The molecule has 24 heavy (non-hydrogen) atoms. The average molecular weight is 338 g/mol. The van der Waals surface area contributed by atoms with Crippen molar-refractivity contribution < 1.29 is 14.3 Å². The third-order valence-corrected chi connectivity index (χ3v) is 3.54. The van der Waals surface area contributed by atoms with E-state index in [1.807, 2.05) is 6.92 Å². The molecule has 1 aromatic rings. The number of hydrogen-bond acceptors (Lipinski definition) is 4. The molecule has 7 nitrogen and oxygen atoms in total. The minimum Gasteiger partial charge on any atom is -0.454 e. The quantitative estimate of drug-likeness (QED) is 0.381. The molecule has 0 radical (unpaired) electrons. The van der Waals surface area contributed by atoms with Gasteiger partial charge in [0.15, 0.2) is 11.7 Å². The number of aliphatic imine (C=N–C) groups is 1. The molecule has 0 aliphatic carbocycles. The van der Waals surface area contributed by atoms with Crippen LogP contribution >= 0.6 is 0 Å². The van der Waals surface area contributed by atoms with Crippen LogP contribution in [-0.4, -0.2) is 36.7 Å². The fourth-order valence-corrected chi connectivity index (χ4v) is 2.49. The highest BCUT2D eigenvalue weighted by Gasteiger charge is 2.12. The van der Waals surface area contributed by atoms with Gasteiger partial charge in [-0.15, -0.1) is 0 Å². The lowest BCUT2D eigenvalue weighted by atomic mass is 9.94. The zero-order chi connectivity index (χ0) is 17.9. The van der Waals surface area contributed by atoms with E-state index in [2.05, 4.69) is 29.5 Å². The molecule has 0 aliphatic rings. The van der Waals surface area contributed by atoms with Crippen molar-refractivity contribution in [1.29, 1.82) is 0 Å². The molecule has 0 saturated heterocycles. The third-order valence-electron chi connectivity index (χ3n) is 3.54. The van der Waals surface area contributed by atoms with Gasteiger partial charge >= 0.3 is 0 Å². The van der Waals surface area contributed by atoms with E-state index in [1.54, 1.807) is 12.1 Å². The monoisotopic (exact) mass is 338 g/mol. The van der Waals surface area contributed by atoms with Crippen LogP contribution in [0.15, 0.2) is 21.5 Å². The van der Waals surface area contributed by atoms with Crippen LogP contribution in [0.25, 0.3) is 0 Å². The standard InChI is InChI=1S/C17H30N4O3/c1-4-19-17(20-10-13(7-8-22)9-12(2)3)21-11-14-5-6-15(24-14)16(18)23/h5-6,12-13,22H,4,7-11H2,1-3H3,(H2,18,23)(H2,19,20,21). The second kappa shape index (κ2) is 10.7. The molecule has 0 aromatic carbocycles. The summed E-state index contributed by atoms with van der Waals surface area (Å²) in [5.41, 5.74) is 5.17. The predicted molar refractivity (Wildman–Crippen MR) is 94.7 cm³/mol. The molecule has 7 heteroatoms. The van der Waals surface area contributed by atoms with Crippen LogP contribution in [0.3, 0.4) is 0 Å². The molecule has 5 N–H and O–H groups in total. The molecule has 1 heterocycles. The zero-order valence-corrected chi connectivity index (χ0v) is 14.8. The molecule has 1 unspecified atom stereocenters. The Hall–Kier alpha value is -2.02. The molecule has 0 saturated carbocycles. The molecule has 0 bridgehead atoms. The van der Waals surface area contributed by atoms with Crippen molar-refractivity contribution in [2.45, 2.75) is 40.2 Å². The summed E-state index contributed by atoms with van der Waals surface area (Å²) in [5, 5.41) is 15.7. The van der Waals surface area contributed by atoms with E-state index in [1.165, 1.54) is 0 Å². The molecule has 1 rings (SSSR count). The number of carbonyl (C=O) groups is 1. The summed E-state index contributed by atoms with van der Waals surface area (Å²) in [6.07, 6.45) is 1.82. The van der Waals surface area contributed by atoms with Crippen LogP contribution in [-0.2, 0) is 6.54 Å². The predicted octanol–water partition coefficient (Wildman–Crippen LogP) is 1.48. The summed E-state index contributed by atoms with van der Waals surface area (Å²) < 4.78 is 5.32. The van der Waals surface area contributed by atoms with E-state index in [0.29, 0.717) is 30.1 Å². The minimum atomic E-state index is -0.587. The van der Waals surface area contributed by atoms with Crippen molar-refractivity contribution in [1.82, 2.24) is 10.6 Å². The van der Waals surface area contributed by atoms with Crippen molar-refractivity contribution >= 4 is 11.9 Å². The van der Waals surface area contributed by atoms with Gasteiger partial charge in [-0.25, -0.2) is 4.99 Å². The van der Waals surface area contributed by atoms with Crippen LogP contribution in [0.2, 0.25) is 0 Å². The van der Waals surface area contributed by atoms with Crippen molar-refractivity contribution in [3.63, 3.8) is 0 Å². The summed E-state index contributed by atoms with van der Waals surface area (Å²) in [6, 6.07) is 3.24. The Balaban J connectivity index is 2.61. The van der Waals surface area contributed by atoms with Crippen LogP contribution in [0.5, 0.6) is 0 Å². The van der Waals surface area contributed by atoms with Crippen molar-refractivity contribution in [2.75, 3.05) is 19.7 Å². The number of primary amides is 1. The van der Waals surface area contributed by atoms with E-state index in [0.717, 1.165) is 25.9 Å². The third kappa shape index (κ3) is 7.50. The number of rotatable bonds is 10. The number of amides is 1. The van der Waals surface area contributed by atoms with Crippen LogP contribution in [0.4, 0.5) is 0 Å². The van der Waals surface area contributed by atoms with Gasteiger partial charge in [-0.1, -0.05) is 13.8 Å². The maximum absolute atomic E-state index is 11.0. The van der Waals surface area contributed by atoms with E-state index in [-0.39, 0.29) is 12.4 Å². The van der Waals surface area contributed by atoms with Gasteiger partial charge < -0.3 is 25.9 Å². The van der Waals surface area contributed by atoms with Gasteiger partial charge in [0.25, 0.3) is 5.91 Å². The Bertz CT molecular complexity index is 526. The van der Waals surface area contributed by atoms with Crippen molar-refractivity contribution in [2.24, 2.45) is 22.6 Å². The Morgan fingerprint density at radius 1 is 1.38 bits per heavy atom. The Kier molecular flexibility index (Phi) is 8.93. The fraction of sp³-hybridized carbons (Fsp3) is 0.647. The first-order valence-corrected chi connectivity index (χ1v) is 8.47. The lowest BCUT2D eigenvalue weighted by Crippen LogP contribution is -2.40. The second-order valence-electron chi connectivity index (χ2n) is 6.21. The minimum absolute atomic E-state index is 0.137. The van der Waals surface area contributed by atoms with E-state index in [4.69, 9.17) is 10.2 Å². The highest BCUT2D eigenvalue weighted by atomic mass is 16.3. The largest absolute Gasteiger partial charge is 0.454 e. The highest BCUT2D eigenvalue weighted by Crippen LogP contribution is 2.14. The molecule has 0 aliphatic heterocycles. The number of aliphatic hydroxyl groups excluding tert-OH is 1. The molecule has 136 valence electrons. The lowest BCUT2D eigenvalue weighted by molar-refractivity contribution is 0.0972. The van der Waals surface area contributed by atoms with Gasteiger partial charge in [0.1, 0.15) is 12.3 Å². The molecular weight excluding hydrogens is 308 g/mol. The van der Waals surface area contributed by atoms with Gasteiger partial charge in [-0.3, -0.25) is 4.79 Å². The number of nitrogens with two attached hydrogens (primary N) is 1. The Morgan fingerprint density at radius 2 is 2.12 bits per heavy atom. The van der Waals surface area contributed by atoms with Crippen LogP contribution in [0, 0.1) is 11.8 Å². The Morgan fingerprint density at radius 3 is 2.67 bits per heavy atom. The van der Waals surface area contributed by atoms with E-state index >= 15 is 0 Å². The SMILES string of the molecule is CCNC(=NCc1ccc(C(N)=O)o1)NCC(CCO)CC(C)C. The lowest BCUT2D eigenvalue weighted by Gasteiger charge is -2.20. The first-order valence-electron chi connectivity index (χ1n) is 8.47. The molecule has 0 fully saturated rings. The molecular formula is C17H30N4O3. The number of hydrogen-bond donors (Lipinski definition) is 4. The summed E-state index contributed by atoms with van der Waals surface area (Å²) in [6.45, 7) is 8.34. The van der Waals surface area contributed by atoms with Crippen molar-refractivity contribution in [3.8, 4) is 0 Å². The summed E-state index contributed by atoms with van der Waals surface area (Å²) in [7, 11) is 0. The van der Waals surface area contributed by atoms with Gasteiger partial charge in [0.05, 0.1) is 0 Å². The Labute approximate surface area is 143 Å². The zero-order valence-electron chi connectivity index (χ0n) is 14.8. The van der Waals surface area contributed by atoms with E-state index in [9.17, 15) is 9.90 Å². The number of guanidine groups is 1. The maximum atomic E-state index is 11.0. The highest BCUT2D eigenvalue weighted by molar-refractivity contribution is 5.89. The topological polar surface area (TPSA) is 113 Å². The van der Waals surface area contributed by atoms with Crippen molar-refractivity contribution in [3.05, 3.63) is 23.7 Å². The fourth-order valence-electron chi connectivity index (χ4n) is 2.49. The molecule has 0 spiro atoms. The number of nitrogens with one attached hydrogen (secondary N) is 2. The number of nitrogens with zero attached hydrogens (tertiary/aromatic N) is 1. The molecule has 1 amide bonds. The van der Waals surface area contributed by atoms with Crippen LogP contribution < -0.4 is 16.4 Å². The molecule has 1 atom stereocenters. The first-order chi connectivity index (χ1) is 11.5. The summed E-state index contributed by atoms with van der Waals surface area (Å²) >= 11 is 0. The van der Waals surface area contributed by atoms with E-state index < -0.39 is 5.91 Å². The second-order valence-corrected chi connectivity index (χ2v) is 6.21. The number of aliphatic hydroxyl groups is 1. The van der Waals surface area contributed by atoms with Gasteiger partial charge in [-0.05, 0) is 43.7 Å². The van der Waals surface area contributed by atoms with Gasteiger partial charge in [-0.2, -0.15) is 0 Å². The van der Waals surface area contributed by atoms with Gasteiger partial charge in [0.2, 0.25) is 0 Å². The maximum Gasteiger partial charge on any atom is 0.284 e. The van der Waals surface area contributed by atoms with Gasteiger partial charge in [0, 0.05) is 19.7 Å².